The molecular weight excluding hydrogens is 338 g/mol. The average molecular weight is 354 g/mol. The number of hydrogen-bond acceptors (Lipinski definition) is 3. The molecule has 8 heteroatoms. The highest BCUT2D eigenvalue weighted by atomic mass is 32.2. The summed E-state index contributed by atoms with van der Waals surface area (Å²) in [6, 6.07) is 9.66. The van der Waals surface area contributed by atoms with Gasteiger partial charge in [0.1, 0.15) is 21.5 Å². The van der Waals surface area contributed by atoms with E-state index >= 15 is 0 Å². The summed E-state index contributed by atoms with van der Waals surface area (Å²) in [5, 5.41) is 4.73. The minimum absolute atomic E-state index is 0.208. The SMILES string of the molecule is CS(=O)(=O)C[C@H](NC(=O)Nc1ccc(F)cc1F)c1ccccc1. The van der Waals surface area contributed by atoms with E-state index in [4.69, 9.17) is 0 Å². The van der Waals surface area contributed by atoms with Gasteiger partial charge in [0.05, 0.1) is 17.5 Å². The Morgan fingerprint density at radius 1 is 1.12 bits per heavy atom. The van der Waals surface area contributed by atoms with Crippen LogP contribution in [0.5, 0.6) is 0 Å². The standard InChI is InChI=1S/C16H16F2N2O3S/c1-24(22,23)10-15(11-5-3-2-4-6-11)20-16(21)19-14-8-7-12(17)9-13(14)18/h2-9,15H,10H2,1H3,(H2,19,20,21)/t15-/m0/s1. The van der Waals surface area contributed by atoms with E-state index in [-0.39, 0.29) is 11.4 Å². The number of carbonyl (C=O) groups is 1. The molecule has 2 aromatic rings. The maximum absolute atomic E-state index is 13.6. The van der Waals surface area contributed by atoms with Gasteiger partial charge < -0.3 is 10.6 Å². The molecule has 0 saturated carbocycles. The molecule has 1 atom stereocenters. The zero-order chi connectivity index (χ0) is 17.7. The molecule has 2 amide bonds. The molecule has 0 unspecified atom stereocenters. The number of rotatable bonds is 5. The molecule has 5 nitrogen and oxygen atoms in total. The minimum atomic E-state index is -3.37. The maximum atomic E-state index is 13.6. The van der Waals surface area contributed by atoms with Crippen molar-refractivity contribution in [3.63, 3.8) is 0 Å². The highest BCUT2D eigenvalue weighted by Crippen LogP contribution is 2.17. The third-order valence-electron chi connectivity index (χ3n) is 3.16. The van der Waals surface area contributed by atoms with Crippen molar-refractivity contribution in [1.29, 1.82) is 0 Å². The van der Waals surface area contributed by atoms with Crippen LogP contribution in [0, 0.1) is 11.6 Å². The van der Waals surface area contributed by atoms with Crippen molar-refractivity contribution in [2.75, 3.05) is 17.3 Å². The largest absolute Gasteiger partial charge is 0.330 e. The average Bonchev–Trinajstić information content (AvgIpc) is 2.49. The zero-order valence-corrected chi connectivity index (χ0v) is 13.6. The summed E-state index contributed by atoms with van der Waals surface area (Å²) in [5.41, 5.74) is 0.387. The predicted molar refractivity (Wildman–Crippen MR) is 87.4 cm³/mol. The number of sulfone groups is 1. The van der Waals surface area contributed by atoms with Crippen molar-refractivity contribution in [2.24, 2.45) is 0 Å². The first-order chi connectivity index (χ1) is 11.2. The lowest BCUT2D eigenvalue weighted by Gasteiger charge is -2.19. The molecular formula is C16H16F2N2O3S. The number of hydrogen-bond donors (Lipinski definition) is 2. The second-order valence-electron chi connectivity index (χ2n) is 5.28. The van der Waals surface area contributed by atoms with Crippen molar-refractivity contribution in [3.05, 3.63) is 65.7 Å². The maximum Gasteiger partial charge on any atom is 0.319 e. The van der Waals surface area contributed by atoms with Crippen LogP contribution in [0.2, 0.25) is 0 Å². The second-order valence-corrected chi connectivity index (χ2v) is 7.46. The highest BCUT2D eigenvalue weighted by molar-refractivity contribution is 7.90. The molecule has 0 bridgehead atoms. The molecule has 0 aliphatic rings. The van der Waals surface area contributed by atoms with Crippen LogP contribution in [-0.2, 0) is 9.84 Å². The molecule has 0 spiro atoms. The molecule has 128 valence electrons. The van der Waals surface area contributed by atoms with Crippen molar-refractivity contribution < 1.29 is 22.0 Å². The van der Waals surface area contributed by atoms with Gasteiger partial charge in [-0.1, -0.05) is 30.3 Å². The number of nitrogens with one attached hydrogen (secondary N) is 2. The van der Waals surface area contributed by atoms with Crippen LogP contribution in [0.25, 0.3) is 0 Å². The molecule has 0 saturated heterocycles. The third-order valence-corrected chi connectivity index (χ3v) is 4.09. The van der Waals surface area contributed by atoms with E-state index in [0.717, 1.165) is 18.4 Å². The Bertz CT molecular complexity index is 826. The Morgan fingerprint density at radius 3 is 2.38 bits per heavy atom. The number of benzene rings is 2. The lowest BCUT2D eigenvalue weighted by Crippen LogP contribution is -2.36. The van der Waals surface area contributed by atoms with Crippen LogP contribution in [0.4, 0.5) is 19.3 Å². The molecule has 0 fully saturated rings. The van der Waals surface area contributed by atoms with E-state index in [0.29, 0.717) is 11.6 Å². The Labute approximate surface area is 138 Å². The number of amides is 2. The van der Waals surface area contributed by atoms with Crippen molar-refractivity contribution >= 4 is 21.6 Å². The molecule has 24 heavy (non-hydrogen) atoms. The Morgan fingerprint density at radius 2 is 1.79 bits per heavy atom. The quantitative estimate of drug-likeness (QED) is 0.867. The predicted octanol–water partition coefficient (Wildman–Crippen LogP) is 2.87. The van der Waals surface area contributed by atoms with E-state index < -0.39 is 33.5 Å². The summed E-state index contributed by atoms with van der Waals surface area (Å²) in [7, 11) is -3.37. The first-order valence-corrected chi connectivity index (χ1v) is 9.06. The molecule has 2 aromatic carbocycles. The zero-order valence-electron chi connectivity index (χ0n) is 12.8. The van der Waals surface area contributed by atoms with E-state index in [2.05, 4.69) is 10.6 Å². The monoisotopic (exact) mass is 354 g/mol. The fraction of sp³-hybridized carbons (Fsp3) is 0.188. The summed E-state index contributed by atoms with van der Waals surface area (Å²) in [6.07, 6.45) is 1.06. The fourth-order valence-electron chi connectivity index (χ4n) is 2.12. The van der Waals surface area contributed by atoms with Gasteiger partial charge in [-0.25, -0.2) is 22.0 Å². The van der Waals surface area contributed by atoms with Crippen LogP contribution in [0.3, 0.4) is 0 Å². The van der Waals surface area contributed by atoms with Gasteiger partial charge in [0.15, 0.2) is 0 Å². The van der Waals surface area contributed by atoms with E-state index in [1.807, 2.05) is 0 Å². The van der Waals surface area contributed by atoms with Gasteiger partial charge in [-0.05, 0) is 17.7 Å². The summed E-state index contributed by atoms with van der Waals surface area (Å²) in [4.78, 5) is 12.0. The van der Waals surface area contributed by atoms with Gasteiger partial charge in [0.25, 0.3) is 0 Å². The van der Waals surface area contributed by atoms with Crippen LogP contribution < -0.4 is 10.6 Å². The van der Waals surface area contributed by atoms with Crippen LogP contribution in [0.1, 0.15) is 11.6 Å². The molecule has 0 heterocycles. The Hall–Kier alpha value is -2.48. The normalized spacial score (nSPS) is 12.5. The molecule has 0 radical (unpaired) electrons. The highest BCUT2D eigenvalue weighted by Gasteiger charge is 2.20. The van der Waals surface area contributed by atoms with Gasteiger partial charge in [0.2, 0.25) is 0 Å². The van der Waals surface area contributed by atoms with Crippen LogP contribution >= 0.6 is 0 Å². The van der Waals surface area contributed by atoms with Gasteiger partial charge in [-0.3, -0.25) is 0 Å². The van der Waals surface area contributed by atoms with E-state index in [1.165, 1.54) is 0 Å². The lowest BCUT2D eigenvalue weighted by molar-refractivity contribution is 0.249. The molecule has 0 aliphatic heterocycles. The van der Waals surface area contributed by atoms with Crippen molar-refractivity contribution in [1.82, 2.24) is 5.32 Å². The first kappa shape index (κ1) is 17.9. The number of urea groups is 1. The number of anilines is 1. The van der Waals surface area contributed by atoms with E-state index in [1.54, 1.807) is 30.3 Å². The molecule has 0 aromatic heterocycles. The summed E-state index contributed by atoms with van der Waals surface area (Å²) in [5.74, 6) is -2.00. The molecule has 0 aliphatic carbocycles. The lowest BCUT2D eigenvalue weighted by atomic mass is 10.1. The summed E-state index contributed by atoms with van der Waals surface area (Å²) >= 11 is 0. The Balaban J connectivity index is 2.15. The minimum Gasteiger partial charge on any atom is -0.330 e. The molecule has 2 rings (SSSR count). The van der Waals surface area contributed by atoms with Gasteiger partial charge in [-0.2, -0.15) is 0 Å². The van der Waals surface area contributed by atoms with Gasteiger partial charge >= 0.3 is 6.03 Å². The van der Waals surface area contributed by atoms with Crippen molar-refractivity contribution in [3.8, 4) is 0 Å². The van der Waals surface area contributed by atoms with E-state index in [9.17, 15) is 22.0 Å². The van der Waals surface area contributed by atoms with Crippen LogP contribution in [0.15, 0.2) is 48.5 Å². The summed E-state index contributed by atoms with van der Waals surface area (Å²) < 4.78 is 49.6. The topological polar surface area (TPSA) is 75.3 Å². The summed E-state index contributed by atoms with van der Waals surface area (Å²) in [6.45, 7) is 0. The molecule has 2 N–H and O–H groups in total. The fourth-order valence-corrected chi connectivity index (χ4v) is 3.00. The number of halogens is 2. The van der Waals surface area contributed by atoms with Gasteiger partial charge in [0, 0.05) is 12.3 Å². The first-order valence-electron chi connectivity index (χ1n) is 7.00. The Kier molecular flexibility index (Phi) is 5.50. The van der Waals surface area contributed by atoms with Crippen molar-refractivity contribution in [2.45, 2.75) is 6.04 Å². The second kappa shape index (κ2) is 7.39. The van der Waals surface area contributed by atoms with Gasteiger partial charge in [-0.15, -0.1) is 0 Å². The van der Waals surface area contributed by atoms with Crippen LogP contribution in [-0.4, -0.2) is 26.5 Å². The number of carbonyl (C=O) groups excluding carboxylic acids is 1. The smallest absolute Gasteiger partial charge is 0.319 e. The third kappa shape index (κ3) is 5.31.